The lowest BCUT2D eigenvalue weighted by Crippen LogP contribution is -2.34. The SMILES string of the molecule is OCCCC1CCCN1CC1COc2ccccc21. The number of fused-ring (bicyclic) bond motifs is 1. The lowest BCUT2D eigenvalue weighted by molar-refractivity contribution is 0.196. The molecule has 0 saturated carbocycles. The molecule has 0 amide bonds. The van der Waals surface area contributed by atoms with Crippen molar-refractivity contribution >= 4 is 0 Å². The van der Waals surface area contributed by atoms with E-state index in [-0.39, 0.29) is 0 Å². The number of likely N-dealkylation sites (tertiary alicyclic amines) is 1. The van der Waals surface area contributed by atoms with Gasteiger partial charge in [0.2, 0.25) is 0 Å². The van der Waals surface area contributed by atoms with E-state index < -0.39 is 0 Å². The van der Waals surface area contributed by atoms with Gasteiger partial charge in [0.1, 0.15) is 5.75 Å². The molecular formula is C16H23NO2. The minimum Gasteiger partial charge on any atom is -0.493 e. The lowest BCUT2D eigenvalue weighted by Gasteiger charge is -2.26. The van der Waals surface area contributed by atoms with Gasteiger partial charge in [-0.3, -0.25) is 4.90 Å². The Kier molecular flexibility index (Phi) is 4.04. The molecule has 3 heteroatoms. The van der Waals surface area contributed by atoms with Gasteiger partial charge in [0.15, 0.2) is 0 Å². The molecule has 1 aromatic carbocycles. The zero-order chi connectivity index (χ0) is 13.1. The van der Waals surface area contributed by atoms with Crippen molar-refractivity contribution in [2.45, 2.75) is 37.6 Å². The Morgan fingerprint density at radius 2 is 2.21 bits per heavy atom. The number of aliphatic hydroxyl groups is 1. The van der Waals surface area contributed by atoms with Crippen LogP contribution in [0, 0.1) is 0 Å². The molecule has 3 nitrogen and oxygen atoms in total. The number of para-hydroxylation sites is 1. The predicted octanol–water partition coefficient (Wildman–Crippen LogP) is 2.40. The molecule has 2 aliphatic heterocycles. The van der Waals surface area contributed by atoms with E-state index >= 15 is 0 Å². The average Bonchev–Trinajstić information content (AvgIpc) is 3.05. The summed E-state index contributed by atoms with van der Waals surface area (Å²) in [6.45, 7) is 3.45. The molecule has 1 aromatic rings. The van der Waals surface area contributed by atoms with Crippen molar-refractivity contribution in [1.82, 2.24) is 4.90 Å². The van der Waals surface area contributed by atoms with Crippen molar-refractivity contribution in [3.05, 3.63) is 29.8 Å². The maximum Gasteiger partial charge on any atom is 0.122 e. The van der Waals surface area contributed by atoms with Crippen LogP contribution in [-0.2, 0) is 0 Å². The fourth-order valence-electron chi connectivity index (χ4n) is 3.45. The van der Waals surface area contributed by atoms with Gasteiger partial charge >= 0.3 is 0 Å². The van der Waals surface area contributed by atoms with E-state index in [1.807, 2.05) is 6.07 Å². The van der Waals surface area contributed by atoms with Crippen molar-refractivity contribution in [2.75, 3.05) is 26.3 Å². The monoisotopic (exact) mass is 261 g/mol. The molecule has 19 heavy (non-hydrogen) atoms. The molecule has 1 N–H and O–H groups in total. The standard InChI is InChI=1S/C16H23NO2/c18-10-4-6-14-5-3-9-17(14)11-13-12-19-16-8-2-1-7-15(13)16/h1-2,7-8,13-14,18H,3-6,9-12H2. The molecule has 0 spiro atoms. The van der Waals surface area contributed by atoms with E-state index in [0.717, 1.165) is 31.7 Å². The van der Waals surface area contributed by atoms with E-state index in [1.165, 1.54) is 24.9 Å². The second-order valence-corrected chi connectivity index (χ2v) is 5.70. The van der Waals surface area contributed by atoms with Crippen LogP contribution in [0.25, 0.3) is 0 Å². The number of rotatable bonds is 5. The second kappa shape index (κ2) is 5.93. The minimum absolute atomic E-state index is 0.319. The van der Waals surface area contributed by atoms with Crippen LogP contribution in [0.2, 0.25) is 0 Å². The maximum atomic E-state index is 8.99. The summed E-state index contributed by atoms with van der Waals surface area (Å²) in [6, 6.07) is 9.09. The highest BCUT2D eigenvalue weighted by molar-refractivity contribution is 5.39. The van der Waals surface area contributed by atoms with Gasteiger partial charge in [-0.05, 0) is 38.3 Å². The fraction of sp³-hybridized carbons (Fsp3) is 0.625. The Bertz CT molecular complexity index is 421. The van der Waals surface area contributed by atoms with Gasteiger partial charge in [0.25, 0.3) is 0 Å². The van der Waals surface area contributed by atoms with Gasteiger partial charge in [-0.2, -0.15) is 0 Å². The van der Waals surface area contributed by atoms with E-state index in [4.69, 9.17) is 9.84 Å². The molecule has 1 fully saturated rings. The Morgan fingerprint density at radius 1 is 1.32 bits per heavy atom. The molecule has 1 saturated heterocycles. The third kappa shape index (κ3) is 2.77. The van der Waals surface area contributed by atoms with Crippen molar-refractivity contribution in [2.24, 2.45) is 0 Å². The average molecular weight is 261 g/mol. The number of benzene rings is 1. The third-order valence-electron chi connectivity index (χ3n) is 4.45. The van der Waals surface area contributed by atoms with Gasteiger partial charge in [-0.1, -0.05) is 18.2 Å². The van der Waals surface area contributed by atoms with Crippen LogP contribution in [0.4, 0.5) is 0 Å². The van der Waals surface area contributed by atoms with Crippen LogP contribution in [0.1, 0.15) is 37.2 Å². The molecule has 0 radical (unpaired) electrons. The topological polar surface area (TPSA) is 32.7 Å². The van der Waals surface area contributed by atoms with Crippen molar-refractivity contribution < 1.29 is 9.84 Å². The molecule has 2 aliphatic rings. The summed E-state index contributed by atoms with van der Waals surface area (Å²) in [5.74, 6) is 1.59. The Morgan fingerprint density at radius 3 is 3.11 bits per heavy atom. The summed E-state index contributed by atoms with van der Waals surface area (Å²) in [5.41, 5.74) is 1.37. The Balaban J connectivity index is 1.62. The van der Waals surface area contributed by atoms with Crippen LogP contribution in [-0.4, -0.2) is 42.4 Å². The van der Waals surface area contributed by atoms with E-state index in [1.54, 1.807) is 0 Å². The van der Waals surface area contributed by atoms with Crippen LogP contribution in [0.3, 0.4) is 0 Å². The summed E-state index contributed by atoms with van der Waals surface area (Å²) in [7, 11) is 0. The molecule has 2 heterocycles. The molecule has 2 atom stereocenters. The molecule has 2 unspecified atom stereocenters. The minimum atomic E-state index is 0.319. The van der Waals surface area contributed by atoms with Crippen LogP contribution in [0.5, 0.6) is 5.75 Å². The third-order valence-corrected chi connectivity index (χ3v) is 4.45. The van der Waals surface area contributed by atoms with Crippen molar-refractivity contribution in [3.8, 4) is 5.75 Å². The fourth-order valence-corrected chi connectivity index (χ4v) is 3.45. The quantitative estimate of drug-likeness (QED) is 0.883. The number of hydrogen-bond donors (Lipinski definition) is 1. The first kappa shape index (κ1) is 12.9. The Hall–Kier alpha value is -1.06. The predicted molar refractivity (Wildman–Crippen MR) is 75.6 cm³/mol. The summed E-state index contributed by atoms with van der Waals surface area (Å²) in [4.78, 5) is 2.60. The van der Waals surface area contributed by atoms with Gasteiger partial charge in [-0.15, -0.1) is 0 Å². The summed E-state index contributed by atoms with van der Waals surface area (Å²) < 4.78 is 5.77. The van der Waals surface area contributed by atoms with Crippen molar-refractivity contribution in [3.63, 3.8) is 0 Å². The molecule has 104 valence electrons. The van der Waals surface area contributed by atoms with Gasteiger partial charge in [0, 0.05) is 30.7 Å². The zero-order valence-corrected chi connectivity index (χ0v) is 11.4. The van der Waals surface area contributed by atoms with E-state index in [0.29, 0.717) is 18.6 Å². The zero-order valence-electron chi connectivity index (χ0n) is 11.4. The van der Waals surface area contributed by atoms with Crippen LogP contribution in [0.15, 0.2) is 24.3 Å². The first-order valence-corrected chi connectivity index (χ1v) is 7.45. The van der Waals surface area contributed by atoms with Crippen LogP contribution >= 0.6 is 0 Å². The highest BCUT2D eigenvalue weighted by Gasteiger charge is 2.30. The molecule has 0 aliphatic carbocycles. The number of hydrogen-bond acceptors (Lipinski definition) is 3. The largest absolute Gasteiger partial charge is 0.493 e. The van der Waals surface area contributed by atoms with Gasteiger partial charge in [0.05, 0.1) is 6.61 Å². The van der Waals surface area contributed by atoms with Crippen molar-refractivity contribution in [1.29, 1.82) is 0 Å². The summed E-state index contributed by atoms with van der Waals surface area (Å²) in [5, 5.41) is 8.99. The smallest absolute Gasteiger partial charge is 0.122 e. The highest BCUT2D eigenvalue weighted by atomic mass is 16.5. The lowest BCUT2D eigenvalue weighted by atomic mass is 10.00. The van der Waals surface area contributed by atoms with Gasteiger partial charge in [-0.25, -0.2) is 0 Å². The first-order chi connectivity index (χ1) is 9.38. The summed E-state index contributed by atoms with van der Waals surface area (Å²) >= 11 is 0. The Labute approximate surface area is 115 Å². The number of nitrogens with zero attached hydrogens (tertiary/aromatic N) is 1. The molecule has 0 aromatic heterocycles. The second-order valence-electron chi connectivity index (χ2n) is 5.70. The first-order valence-electron chi connectivity index (χ1n) is 7.45. The number of aliphatic hydroxyl groups excluding tert-OH is 1. The number of ether oxygens (including phenoxy) is 1. The summed E-state index contributed by atoms with van der Waals surface area (Å²) in [6.07, 6.45) is 4.64. The molecule has 0 bridgehead atoms. The van der Waals surface area contributed by atoms with Gasteiger partial charge < -0.3 is 9.84 Å². The normalized spacial score (nSPS) is 26.4. The molecule has 3 rings (SSSR count). The van der Waals surface area contributed by atoms with Crippen LogP contribution < -0.4 is 4.74 Å². The van der Waals surface area contributed by atoms with E-state index in [9.17, 15) is 0 Å². The molecular weight excluding hydrogens is 238 g/mol. The maximum absolute atomic E-state index is 8.99. The van der Waals surface area contributed by atoms with E-state index in [2.05, 4.69) is 23.1 Å². The highest BCUT2D eigenvalue weighted by Crippen LogP contribution is 2.35.